The van der Waals surface area contributed by atoms with E-state index < -0.39 is 30.3 Å². The van der Waals surface area contributed by atoms with Crippen LogP contribution in [0.2, 0.25) is 0 Å². The van der Waals surface area contributed by atoms with Gasteiger partial charge in [-0.3, -0.25) is 0 Å². The topological polar surface area (TPSA) is 105 Å². The van der Waals surface area contributed by atoms with Crippen molar-refractivity contribution < 1.29 is 16.8 Å². The van der Waals surface area contributed by atoms with E-state index in [-0.39, 0.29) is 15.7 Å². The summed E-state index contributed by atoms with van der Waals surface area (Å²) in [5.41, 5.74) is 0.665. The van der Waals surface area contributed by atoms with Gasteiger partial charge in [-0.25, -0.2) is 16.8 Å². The monoisotopic (exact) mass is 418 g/mol. The molecule has 9 heteroatoms. The van der Waals surface area contributed by atoms with Crippen LogP contribution in [0.15, 0.2) is 69.9 Å². The van der Waals surface area contributed by atoms with E-state index in [2.05, 4.69) is 4.37 Å². The van der Waals surface area contributed by atoms with Crippen LogP contribution in [0.1, 0.15) is 16.7 Å². The maximum Gasteiger partial charge on any atom is 0.202 e. The van der Waals surface area contributed by atoms with Gasteiger partial charge in [0.1, 0.15) is 11.6 Å². The minimum atomic E-state index is -3.96. The Bertz CT molecular complexity index is 1110. The lowest BCUT2D eigenvalue weighted by molar-refractivity contribution is 0.592. The number of aromatic nitrogens is 1. The second-order valence-electron chi connectivity index (χ2n) is 5.75. The molecular weight excluding hydrogens is 404 g/mol. The highest BCUT2D eigenvalue weighted by Gasteiger charge is 2.31. The fourth-order valence-corrected chi connectivity index (χ4v) is 6.87. The number of benzene rings is 2. The molecule has 27 heavy (non-hydrogen) atoms. The normalized spacial score (nSPS) is 11.8. The molecule has 0 saturated heterocycles. The van der Waals surface area contributed by atoms with Gasteiger partial charge in [-0.05, 0) is 22.7 Å². The average Bonchev–Trinajstić information content (AvgIpc) is 3.09. The van der Waals surface area contributed by atoms with Crippen molar-refractivity contribution in [2.45, 2.75) is 20.7 Å². The minimum absolute atomic E-state index is 0.319. The lowest BCUT2D eigenvalue weighted by atomic mass is 10.2. The first-order valence-electron chi connectivity index (χ1n) is 7.76. The summed E-state index contributed by atoms with van der Waals surface area (Å²) in [6.07, 6.45) is 0. The van der Waals surface area contributed by atoms with Crippen molar-refractivity contribution in [2.75, 3.05) is 0 Å². The first-order valence-corrected chi connectivity index (χ1v) is 11.8. The van der Waals surface area contributed by atoms with Gasteiger partial charge in [-0.15, -0.1) is 0 Å². The Morgan fingerprint density at radius 1 is 0.815 bits per heavy atom. The molecule has 0 saturated carbocycles. The van der Waals surface area contributed by atoms with Gasteiger partial charge < -0.3 is 0 Å². The Labute approximate surface area is 161 Å². The molecule has 0 unspecified atom stereocenters. The smallest absolute Gasteiger partial charge is 0.202 e. The third-order valence-electron chi connectivity index (χ3n) is 3.72. The quantitative estimate of drug-likeness (QED) is 0.609. The van der Waals surface area contributed by atoms with Gasteiger partial charge in [-0.1, -0.05) is 60.7 Å². The summed E-state index contributed by atoms with van der Waals surface area (Å²) in [5.74, 6) is -0.687. The molecule has 3 rings (SSSR count). The van der Waals surface area contributed by atoms with E-state index in [0.29, 0.717) is 22.7 Å². The molecule has 6 nitrogen and oxygen atoms in total. The van der Waals surface area contributed by atoms with Gasteiger partial charge in [0, 0.05) is 0 Å². The van der Waals surface area contributed by atoms with Crippen LogP contribution in [0.3, 0.4) is 0 Å². The Balaban J connectivity index is 1.99. The predicted molar refractivity (Wildman–Crippen MR) is 101 cm³/mol. The van der Waals surface area contributed by atoms with Crippen molar-refractivity contribution in [3.05, 3.63) is 77.4 Å². The van der Waals surface area contributed by atoms with Crippen LogP contribution in [0.25, 0.3) is 0 Å². The predicted octanol–water partition coefficient (Wildman–Crippen LogP) is 2.96. The fourth-order valence-electron chi connectivity index (χ4n) is 2.50. The van der Waals surface area contributed by atoms with Gasteiger partial charge in [0.15, 0.2) is 19.1 Å². The molecule has 0 atom stereocenters. The molecule has 0 bridgehead atoms. The summed E-state index contributed by atoms with van der Waals surface area (Å²) in [7, 11) is -7.86. The van der Waals surface area contributed by atoms with Crippen LogP contribution in [-0.4, -0.2) is 21.2 Å². The number of sulfone groups is 2. The highest BCUT2D eigenvalue weighted by molar-refractivity contribution is 7.93. The average molecular weight is 419 g/mol. The van der Waals surface area contributed by atoms with Gasteiger partial charge >= 0.3 is 0 Å². The molecule has 1 aromatic heterocycles. The zero-order chi connectivity index (χ0) is 19.5. The highest BCUT2D eigenvalue weighted by Crippen LogP contribution is 2.30. The van der Waals surface area contributed by atoms with E-state index in [1.807, 2.05) is 0 Å². The van der Waals surface area contributed by atoms with Crippen LogP contribution in [0.4, 0.5) is 0 Å². The largest absolute Gasteiger partial charge is 0.222 e. The maximum atomic E-state index is 12.7. The number of rotatable bonds is 6. The SMILES string of the molecule is N#Cc1c(S(=O)(=O)Cc2ccccc2)nsc1S(=O)(=O)Cc1ccccc1. The fraction of sp³-hybridized carbons (Fsp3) is 0.111. The lowest BCUT2D eigenvalue weighted by Crippen LogP contribution is -2.09. The lowest BCUT2D eigenvalue weighted by Gasteiger charge is -2.04. The zero-order valence-electron chi connectivity index (χ0n) is 13.9. The minimum Gasteiger partial charge on any atom is -0.222 e. The Morgan fingerprint density at radius 2 is 1.30 bits per heavy atom. The maximum absolute atomic E-state index is 12.7. The summed E-state index contributed by atoms with van der Waals surface area (Å²) in [6, 6.07) is 18.6. The van der Waals surface area contributed by atoms with Crippen LogP contribution >= 0.6 is 11.5 Å². The first-order chi connectivity index (χ1) is 12.8. The molecule has 0 radical (unpaired) electrons. The Morgan fingerprint density at radius 3 is 1.78 bits per heavy atom. The van der Waals surface area contributed by atoms with Crippen LogP contribution in [-0.2, 0) is 31.2 Å². The van der Waals surface area contributed by atoms with Crippen molar-refractivity contribution >= 4 is 31.2 Å². The molecular formula is C18H14N2O4S3. The number of nitrogens with zero attached hydrogens (tertiary/aromatic N) is 2. The van der Waals surface area contributed by atoms with Gasteiger partial charge in [0.05, 0.1) is 11.5 Å². The summed E-state index contributed by atoms with van der Waals surface area (Å²) in [5, 5.41) is 8.95. The number of hydrogen-bond donors (Lipinski definition) is 0. The van der Waals surface area contributed by atoms with Crippen molar-refractivity contribution in [3.8, 4) is 6.07 Å². The summed E-state index contributed by atoms with van der Waals surface area (Å²) in [6.45, 7) is 0. The molecule has 138 valence electrons. The molecule has 3 aromatic rings. The molecule has 0 aliphatic rings. The molecule has 2 aromatic carbocycles. The van der Waals surface area contributed by atoms with E-state index in [4.69, 9.17) is 0 Å². The van der Waals surface area contributed by atoms with Crippen molar-refractivity contribution in [1.82, 2.24) is 4.37 Å². The molecule has 0 aliphatic carbocycles. The van der Waals surface area contributed by atoms with E-state index in [0.717, 1.165) is 0 Å². The Hall–Kier alpha value is -2.54. The highest BCUT2D eigenvalue weighted by atomic mass is 32.2. The standard InChI is InChI=1S/C18H14N2O4S3/c19-11-16-17(26(21,22)12-14-7-3-1-4-8-14)20-25-18(16)27(23,24)13-15-9-5-2-6-10-15/h1-10H,12-13H2. The molecule has 0 aliphatic heterocycles. The van der Waals surface area contributed by atoms with Crippen LogP contribution in [0.5, 0.6) is 0 Å². The van der Waals surface area contributed by atoms with E-state index >= 15 is 0 Å². The molecule has 0 fully saturated rings. The third kappa shape index (κ3) is 4.24. The van der Waals surface area contributed by atoms with Crippen molar-refractivity contribution in [3.63, 3.8) is 0 Å². The molecule has 0 spiro atoms. The van der Waals surface area contributed by atoms with Crippen LogP contribution in [0, 0.1) is 11.3 Å². The summed E-state index contributed by atoms with van der Waals surface area (Å²) in [4.78, 5) is 0. The van der Waals surface area contributed by atoms with Crippen LogP contribution < -0.4 is 0 Å². The molecule has 1 heterocycles. The third-order valence-corrected chi connectivity index (χ3v) is 8.54. The number of hydrogen-bond acceptors (Lipinski definition) is 7. The van der Waals surface area contributed by atoms with E-state index in [1.54, 1.807) is 66.7 Å². The van der Waals surface area contributed by atoms with Crippen molar-refractivity contribution in [1.29, 1.82) is 5.26 Å². The first kappa shape index (κ1) is 19.2. The molecule has 0 N–H and O–H groups in total. The summed E-state index contributed by atoms with van der Waals surface area (Å²) < 4.78 is 54.3. The van der Waals surface area contributed by atoms with Crippen molar-refractivity contribution in [2.24, 2.45) is 0 Å². The van der Waals surface area contributed by atoms with Gasteiger partial charge in [0.2, 0.25) is 9.84 Å². The van der Waals surface area contributed by atoms with Gasteiger partial charge in [-0.2, -0.15) is 9.64 Å². The molecule has 0 amide bonds. The van der Waals surface area contributed by atoms with E-state index in [9.17, 15) is 22.1 Å². The second kappa shape index (κ2) is 7.60. The summed E-state index contributed by atoms with van der Waals surface area (Å²) >= 11 is 0.525. The second-order valence-corrected chi connectivity index (χ2v) is 10.6. The zero-order valence-corrected chi connectivity index (χ0v) is 16.4. The number of nitriles is 1. The van der Waals surface area contributed by atoms with E-state index in [1.165, 1.54) is 0 Å². The Kier molecular flexibility index (Phi) is 5.41. The van der Waals surface area contributed by atoms with Gasteiger partial charge in [0.25, 0.3) is 0 Å².